The number of rotatable bonds is 6. The van der Waals surface area contributed by atoms with Crippen molar-refractivity contribution >= 4 is 29.9 Å². The second-order valence-electron chi connectivity index (χ2n) is 10.3. The number of hydrogen-bond donors (Lipinski definition) is 2. The first kappa shape index (κ1) is 27.3. The van der Waals surface area contributed by atoms with Gasteiger partial charge < -0.3 is 20.3 Å². The van der Waals surface area contributed by atoms with Crippen molar-refractivity contribution in [1.82, 2.24) is 20.4 Å². The molecule has 3 rings (SSSR count). The van der Waals surface area contributed by atoms with Crippen LogP contribution in [0.5, 0.6) is 0 Å². The lowest BCUT2D eigenvalue weighted by Crippen LogP contribution is -2.47. The second kappa shape index (κ2) is 13.1. The molecule has 1 aromatic rings. The van der Waals surface area contributed by atoms with Crippen molar-refractivity contribution in [1.29, 1.82) is 0 Å². The van der Waals surface area contributed by atoms with E-state index in [0.717, 1.165) is 64.8 Å². The van der Waals surface area contributed by atoms with Crippen molar-refractivity contribution in [3.63, 3.8) is 0 Å². The summed E-state index contributed by atoms with van der Waals surface area (Å²) in [5, 5.41) is 7.00. The summed E-state index contributed by atoms with van der Waals surface area (Å²) in [6.45, 7) is 15.1. The highest BCUT2D eigenvalue weighted by Gasteiger charge is 2.35. The van der Waals surface area contributed by atoms with E-state index < -0.39 is 0 Å². The van der Waals surface area contributed by atoms with E-state index in [2.05, 4.69) is 77.5 Å². The van der Waals surface area contributed by atoms with Crippen molar-refractivity contribution < 1.29 is 4.74 Å². The number of guanidine groups is 1. The maximum Gasteiger partial charge on any atom is 0.191 e. The molecule has 0 aromatic heterocycles. The predicted molar refractivity (Wildman–Crippen MR) is 145 cm³/mol. The van der Waals surface area contributed by atoms with Gasteiger partial charge in [-0.05, 0) is 36.4 Å². The van der Waals surface area contributed by atoms with Crippen LogP contribution in [0.3, 0.4) is 0 Å². The maximum atomic E-state index is 6.11. The molecule has 2 aliphatic heterocycles. The Balaban J connectivity index is 0.00000363. The summed E-state index contributed by atoms with van der Waals surface area (Å²) >= 11 is 0. The van der Waals surface area contributed by atoms with Crippen molar-refractivity contribution in [3.05, 3.63) is 35.4 Å². The third-order valence-electron chi connectivity index (χ3n) is 6.54. The smallest absolute Gasteiger partial charge is 0.191 e. The molecule has 0 amide bonds. The molecule has 2 unspecified atom stereocenters. The Morgan fingerprint density at radius 3 is 2.34 bits per heavy atom. The summed E-state index contributed by atoms with van der Waals surface area (Å²) in [6.07, 6.45) is 2.64. The Kier molecular flexibility index (Phi) is 11.2. The molecule has 2 atom stereocenters. The molecule has 7 heteroatoms. The molecule has 2 fully saturated rings. The highest BCUT2D eigenvalue weighted by Crippen LogP contribution is 2.33. The van der Waals surface area contributed by atoms with E-state index in [1.807, 2.05) is 7.05 Å². The lowest BCUT2D eigenvalue weighted by atomic mass is 9.78. The third-order valence-corrected chi connectivity index (χ3v) is 6.54. The van der Waals surface area contributed by atoms with E-state index >= 15 is 0 Å². The van der Waals surface area contributed by atoms with Crippen LogP contribution in [-0.4, -0.2) is 75.3 Å². The van der Waals surface area contributed by atoms with Crippen molar-refractivity contribution in [2.45, 2.75) is 52.8 Å². The average molecular weight is 558 g/mol. The third kappa shape index (κ3) is 8.47. The number of aliphatic imine (C=N–C) groups is 1. The molecule has 2 aliphatic rings. The first-order chi connectivity index (χ1) is 14.8. The van der Waals surface area contributed by atoms with Gasteiger partial charge in [-0.25, -0.2) is 0 Å². The highest BCUT2D eigenvalue weighted by molar-refractivity contribution is 14.0. The molecule has 1 aromatic carbocycles. The summed E-state index contributed by atoms with van der Waals surface area (Å²) in [5.74, 6) is 1.38. The fourth-order valence-corrected chi connectivity index (χ4v) is 4.67. The number of piperazine rings is 1. The van der Waals surface area contributed by atoms with Gasteiger partial charge >= 0.3 is 0 Å². The van der Waals surface area contributed by atoms with Gasteiger partial charge in [0.2, 0.25) is 0 Å². The number of hydrogen-bond acceptors (Lipinski definition) is 4. The van der Waals surface area contributed by atoms with E-state index in [0.29, 0.717) is 12.0 Å². The van der Waals surface area contributed by atoms with Gasteiger partial charge in [0, 0.05) is 65.4 Å². The summed E-state index contributed by atoms with van der Waals surface area (Å²) in [6, 6.07) is 8.99. The highest BCUT2D eigenvalue weighted by atomic mass is 127. The van der Waals surface area contributed by atoms with Crippen LogP contribution in [0.15, 0.2) is 29.3 Å². The quantitative estimate of drug-likeness (QED) is 0.319. The summed E-state index contributed by atoms with van der Waals surface area (Å²) < 4.78 is 6.11. The fourth-order valence-electron chi connectivity index (χ4n) is 4.67. The van der Waals surface area contributed by atoms with Crippen LogP contribution in [0.25, 0.3) is 0 Å². The Morgan fingerprint density at radius 2 is 1.72 bits per heavy atom. The van der Waals surface area contributed by atoms with Crippen LogP contribution in [0.2, 0.25) is 0 Å². The lowest BCUT2D eigenvalue weighted by molar-refractivity contribution is -0.0835. The van der Waals surface area contributed by atoms with Gasteiger partial charge in [0.05, 0.1) is 6.10 Å². The molecule has 0 radical (unpaired) electrons. The first-order valence-electron chi connectivity index (χ1n) is 11.9. The van der Waals surface area contributed by atoms with Gasteiger partial charge in [-0.2, -0.15) is 0 Å². The predicted octanol–water partition coefficient (Wildman–Crippen LogP) is 3.56. The molecule has 2 heterocycles. The molecule has 2 saturated heterocycles. The van der Waals surface area contributed by atoms with Crippen LogP contribution in [-0.2, 0) is 17.8 Å². The molecule has 0 spiro atoms. The minimum Gasteiger partial charge on any atom is -0.377 e. The van der Waals surface area contributed by atoms with Crippen LogP contribution < -0.4 is 10.6 Å². The number of nitrogens with zero attached hydrogens (tertiary/aromatic N) is 3. The van der Waals surface area contributed by atoms with E-state index in [-0.39, 0.29) is 29.4 Å². The molecule has 0 bridgehead atoms. The zero-order valence-electron chi connectivity index (χ0n) is 20.7. The van der Waals surface area contributed by atoms with Gasteiger partial charge in [-0.15, -0.1) is 24.0 Å². The SMILES string of the molecule is CN=C(NCc1ccc(CN2CCN(C)CC2)cc1)NCC1CCCOC1C(C)(C)C.I. The van der Waals surface area contributed by atoms with Crippen LogP contribution in [0.1, 0.15) is 44.7 Å². The zero-order valence-corrected chi connectivity index (χ0v) is 23.0. The normalized spacial score (nSPS) is 23.5. The number of halogens is 1. The topological polar surface area (TPSA) is 52.1 Å². The van der Waals surface area contributed by atoms with Gasteiger partial charge in [0.15, 0.2) is 5.96 Å². The molecular weight excluding hydrogens is 513 g/mol. The van der Waals surface area contributed by atoms with E-state index in [9.17, 15) is 0 Å². The standard InChI is InChI=1S/C25H43N5O.HI/c1-25(2,3)23-22(7-6-16-31-23)18-28-24(26-4)27-17-20-8-10-21(11-9-20)19-30-14-12-29(5)13-15-30;/h8-11,22-23H,6-7,12-19H2,1-5H3,(H2,26,27,28);1H. The second-order valence-corrected chi connectivity index (χ2v) is 10.3. The van der Waals surface area contributed by atoms with Crippen LogP contribution in [0, 0.1) is 11.3 Å². The molecule has 6 nitrogen and oxygen atoms in total. The lowest BCUT2D eigenvalue weighted by Gasteiger charge is -2.40. The molecule has 0 aliphatic carbocycles. The molecule has 0 saturated carbocycles. The summed E-state index contributed by atoms with van der Waals surface area (Å²) in [7, 11) is 4.04. The Morgan fingerprint density at radius 1 is 1.06 bits per heavy atom. The molecule has 32 heavy (non-hydrogen) atoms. The molecule has 182 valence electrons. The molecular formula is C25H44IN5O. The minimum atomic E-state index is 0. The van der Waals surface area contributed by atoms with Crippen LogP contribution in [0.4, 0.5) is 0 Å². The summed E-state index contributed by atoms with van der Waals surface area (Å²) in [4.78, 5) is 9.36. The van der Waals surface area contributed by atoms with Crippen molar-refractivity contribution in [2.24, 2.45) is 16.3 Å². The van der Waals surface area contributed by atoms with Gasteiger partial charge in [0.25, 0.3) is 0 Å². The monoisotopic (exact) mass is 557 g/mol. The fraction of sp³-hybridized carbons (Fsp3) is 0.720. The van der Waals surface area contributed by atoms with Crippen molar-refractivity contribution in [2.75, 3.05) is 53.4 Å². The Hall–Kier alpha value is -0.900. The van der Waals surface area contributed by atoms with Gasteiger partial charge in [-0.1, -0.05) is 45.0 Å². The van der Waals surface area contributed by atoms with E-state index in [4.69, 9.17) is 4.74 Å². The largest absolute Gasteiger partial charge is 0.377 e. The number of nitrogens with one attached hydrogen (secondary N) is 2. The maximum absolute atomic E-state index is 6.11. The Labute approximate surface area is 212 Å². The first-order valence-corrected chi connectivity index (χ1v) is 11.9. The minimum absolute atomic E-state index is 0. The number of likely N-dealkylation sites (N-methyl/N-ethyl adjacent to an activating group) is 1. The number of ether oxygens (including phenoxy) is 1. The molecule has 2 N–H and O–H groups in total. The summed E-state index contributed by atoms with van der Waals surface area (Å²) in [5.41, 5.74) is 2.83. The van der Waals surface area contributed by atoms with E-state index in [1.165, 1.54) is 17.5 Å². The average Bonchev–Trinajstić information content (AvgIpc) is 2.76. The van der Waals surface area contributed by atoms with Crippen molar-refractivity contribution in [3.8, 4) is 0 Å². The van der Waals surface area contributed by atoms with Gasteiger partial charge in [0.1, 0.15) is 0 Å². The Bertz CT molecular complexity index is 695. The number of benzene rings is 1. The van der Waals surface area contributed by atoms with E-state index in [1.54, 1.807) is 0 Å². The van der Waals surface area contributed by atoms with Crippen LogP contribution >= 0.6 is 24.0 Å². The zero-order chi connectivity index (χ0) is 22.3. The van der Waals surface area contributed by atoms with Gasteiger partial charge in [-0.3, -0.25) is 9.89 Å².